The lowest BCUT2D eigenvalue weighted by Crippen LogP contribution is -2.45. The lowest BCUT2D eigenvalue weighted by Gasteiger charge is -2.36. The lowest BCUT2D eigenvalue weighted by molar-refractivity contribution is -0.274. The van der Waals surface area contributed by atoms with Crippen LogP contribution in [0.25, 0.3) is 0 Å². The second kappa shape index (κ2) is 8.22. The molecule has 1 fully saturated rings. The normalized spacial score (nSPS) is 17.0. The molecule has 0 saturated carbocycles. The molecule has 0 unspecified atom stereocenters. The third-order valence-corrected chi connectivity index (χ3v) is 4.92. The van der Waals surface area contributed by atoms with Gasteiger partial charge in [-0.15, -0.1) is 13.2 Å². The second-order valence-corrected chi connectivity index (χ2v) is 6.88. The van der Waals surface area contributed by atoms with Crippen LogP contribution < -0.4 is 10.1 Å². The van der Waals surface area contributed by atoms with Crippen molar-refractivity contribution >= 4 is 23.2 Å². The van der Waals surface area contributed by atoms with E-state index in [1.54, 1.807) is 0 Å². The largest absolute Gasteiger partial charge is 0.573 e. The molecule has 0 bridgehead atoms. The minimum atomic E-state index is -4.78. The van der Waals surface area contributed by atoms with Crippen molar-refractivity contribution in [1.29, 1.82) is 0 Å². The van der Waals surface area contributed by atoms with E-state index in [1.165, 1.54) is 36.4 Å². The number of benzene rings is 2. The van der Waals surface area contributed by atoms with Crippen LogP contribution in [0.4, 0.5) is 17.6 Å². The van der Waals surface area contributed by atoms with Crippen LogP contribution in [-0.2, 0) is 0 Å². The first kappa shape index (κ1) is 20.2. The van der Waals surface area contributed by atoms with Gasteiger partial charge >= 0.3 is 6.36 Å². The number of nitrogens with zero attached hydrogens (tertiary/aromatic N) is 1. The molecule has 27 heavy (non-hydrogen) atoms. The van der Waals surface area contributed by atoms with E-state index < -0.39 is 18.2 Å². The Hall–Kier alpha value is -1.54. The van der Waals surface area contributed by atoms with Gasteiger partial charge in [0.05, 0.1) is 11.1 Å². The molecule has 2 aromatic rings. The summed E-state index contributed by atoms with van der Waals surface area (Å²) in [5.74, 6) is -0.980. The number of halogens is 6. The predicted octanol–water partition coefficient (Wildman–Crippen LogP) is 5.03. The first-order valence-electron chi connectivity index (χ1n) is 8.20. The van der Waals surface area contributed by atoms with E-state index in [9.17, 15) is 17.6 Å². The van der Waals surface area contributed by atoms with Crippen molar-refractivity contribution in [1.82, 2.24) is 10.2 Å². The Kier molecular flexibility index (Phi) is 6.15. The third kappa shape index (κ3) is 4.85. The smallest absolute Gasteiger partial charge is 0.406 e. The van der Waals surface area contributed by atoms with E-state index in [1.807, 2.05) is 4.90 Å². The van der Waals surface area contributed by atoms with Crippen molar-refractivity contribution in [3.63, 3.8) is 0 Å². The van der Waals surface area contributed by atoms with Crippen molar-refractivity contribution < 1.29 is 22.3 Å². The fourth-order valence-corrected chi connectivity index (χ4v) is 3.56. The van der Waals surface area contributed by atoms with Gasteiger partial charge in [0, 0.05) is 36.8 Å². The van der Waals surface area contributed by atoms with Gasteiger partial charge in [-0.3, -0.25) is 4.90 Å². The standard InChI is InChI=1S/C18H16Cl2F4N2O/c19-13-5-6-14(20)16(21)15(13)17(26-9-7-25-8-10-26)11-1-3-12(4-2-11)27-18(22,23)24/h1-6,17,25H,7-10H2/t17-/m0/s1. The summed E-state index contributed by atoms with van der Waals surface area (Å²) in [5.41, 5.74) is 0.796. The maximum atomic E-state index is 14.8. The first-order valence-corrected chi connectivity index (χ1v) is 8.96. The molecule has 9 heteroatoms. The van der Waals surface area contributed by atoms with Gasteiger partial charge in [-0.05, 0) is 29.8 Å². The predicted molar refractivity (Wildman–Crippen MR) is 95.8 cm³/mol. The molecular formula is C18H16Cl2F4N2O. The van der Waals surface area contributed by atoms with E-state index in [0.717, 1.165) is 0 Å². The highest BCUT2D eigenvalue weighted by Crippen LogP contribution is 2.38. The molecule has 3 nitrogen and oxygen atoms in total. The van der Waals surface area contributed by atoms with Gasteiger partial charge in [0.1, 0.15) is 11.6 Å². The number of alkyl halides is 3. The number of hydrogen-bond acceptors (Lipinski definition) is 3. The monoisotopic (exact) mass is 422 g/mol. The number of ether oxygens (including phenoxy) is 1. The number of rotatable bonds is 4. The molecule has 146 valence electrons. The molecule has 2 aromatic carbocycles. The first-order chi connectivity index (χ1) is 12.8. The molecule has 0 aliphatic carbocycles. The van der Waals surface area contributed by atoms with Crippen LogP contribution >= 0.6 is 23.2 Å². The SMILES string of the molecule is Fc1c(Cl)ccc(Cl)c1[C@H](c1ccc(OC(F)(F)F)cc1)N1CCNCC1. The van der Waals surface area contributed by atoms with Gasteiger partial charge in [0.15, 0.2) is 0 Å². The molecule has 1 aliphatic rings. The summed E-state index contributed by atoms with van der Waals surface area (Å²) in [6.45, 7) is 2.64. The summed E-state index contributed by atoms with van der Waals surface area (Å²) in [7, 11) is 0. The van der Waals surface area contributed by atoms with Crippen LogP contribution in [0.15, 0.2) is 36.4 Å². The Morgan fingerprint density at radius 1 is 0.963 bits per heavy atom. The topological polar surface area (TPSA) is 24.5 Å². The van der Waals surface area contributed by atoms with Gasteiger partial charge in [0.2, 0.25) is 0 Å². The molecule has 1 N–H and O–H groups in total. The maximum Gasteiger partial charge on any atom is 0.573 e. The van der Waals surface area contributed by atoms with Gasteiger partial charge < -0.3 is 10.1 Å². The average Bonchev–Trinajstić information content (AvgIpc) is 2.62. The molecule has 0 amide bonds. The highest BCUT2D eigenvalue weighted by atomic mass is 35.5. The lowest BCUT2D eigenvalue weighted by atomic mass is 9.95. The van der Waals surface area contributed by atoms with Crippen LogP contribution in [0.1, 0.15) is 17.2 Å². The van der Waals surface area contributed by atoms with Crippen molar-refractivity contribution in [3.05, 3.63) is 63.4 Å². The highest BCUT2D eigenvalue weighted by molar-refractivity contribution is 6.33. The summed E-state index contributed by atoms with van der Waals surface area (Å²) in [4.78, 5) is 2.01. The summed E-state index contributed by atoms with van der Waals surface area (Å²) >= 11 is 12.2. The Morgan fingerprint density at radius 2 is 1.56 bits per heavy atom. The molecule has 1 atom stereocenters. The van der Waals surface area contributed by atoms with Crippen LogP contribution in [-0.4, -0.2) is 37.4 Å². The van der Waals surface area contributed by atoms with Gasteiger partial charge in [-0.2, -0.15) is 0 Å². The number of piperazine rings is 1. The molecule has 0 aromatic heterocycles. The zero-order valence-corrected chi connectivity index (χ0v) is 15.5. The van der Waals surface area contributed by atoms with Crippen molar-refractivity contribution in [2.75, 3.05) is 26.2 Å². The maximum absolute atomic E-state index is 14.8. The van der Waals surface area contributed by atoms with Gasteiger partial charge in [0.25, 0.3) is 0 Å². The summed E-state index contributed by atoms with van der Waals surface area (Å²) in [5, 5.41) is 3.35. The fraction of sp³-hybridized carbons (Fsp3) is 0.333. The Bertz CT molecular complexity index is 793. The minimum Gasteiger partial charge on any atom is -0.406 e. The summed E-state index contributed by atoms with van der Waals surface area (Å²) < 4.78 is 55.9. The van der Waals surface area contributed by atoms with E-state index in [2.05, 4.69) is 10.1 Å². The summed E-state index contributed by atoms with van der Waals surface area (Å²) in [6, 6.07) is 7.66. The van der Waals surface area contributed by atoms with Crippen LogP contribution in [0.5, 0.6) is 5.75 Å². The minimum absolute atomic E-state index is 0.0634. The van der Waals surface area contributed by atoms with E-state index in [-0.39, 0.29) is 21.4 Å². The molecule has 1 saturated heterocycles. The third-order valence-electron chi connectivity index (χ3n) is 4.30. The number of nitrogens with one attached hydrogen (secondary N) is 1. The molecule has 1 aliphatic heterocycles. The Labute approximate surface area is 163 Å². The van der Waals surface area contributed by atoms with Crippen molar-refractivity contribution in [2.45, 2.75) is 12.4 Å². The van der Waals surface area contributed by atoms with Crippen molar-refractivity contribution in [2.24, 2.45) is 0 Å². The molecule has 0 radical (unpaired) electrons. The zero-order valence-electron chi connectivity index (χ0n) is 14.0. The van der Waals surface area contributed by atoms with E-state index in [4.69, 9.17) is 23.2 Å². The number of hydrogen-bond donors (Lipinski definition) is 1. The average molecular weight is 423 g/mol. The fourth-order valence-electron chi connectivity index (χ4n) is 3.15. The van der Waals surface area contributed by atoms with Gasteiger partial charge in [-0.25, -0.2) is 4.39 Å². The van der Waals surface area contributed by atoms with Crippen molar-refractivity contribution in [3.8, 4) is 5.75 Å². The Balaban J connectivity index is 2.02. The Morgan fingerprint density at radius 3 is 2.15 bits per heavy atom. The molecular weight excluding hydrogens is 407 g/mol. The van der Waals surface area contributed by atoms with Crippen LogP contribution in [0.2, 0.25) is 10.0 Å². The second-order valence-electron chi connectivity index (χ2n) is 6.06. The van der Waals surface area contributed by atoms with Gasteiger partial charge in [-0.1, -0.05) is 35.3 Å². The quantitative estimate of drug-likeness (QED) is 0.552. The van der Waals surface area contributed by atoms with Crippen LogP contribution in [0, 0.1) is 5.82 Å². The molecule has 3 rings (SSSR count). The van der Waals surface area contributed by atoms with E-state index >= 15 is 0 Å². The molecule has 0 spiro atoms. The van der Waals surface area contributed by atoms with Crippen LogP contribution in [0.3, 0.4) is 0 Å². The summed E-state index contributed by atoms with van der Waals surface area (Å²) in [6.07, 6.45) is -4.78. The van der Waals surface area contributed by atoms with E-state index in [0.29, 0.717) is 31.7 Å². The highest BCUT2D eigenvalue weighted by Gasteiger charge is 2.32. The molecule has 1 heterocycles. The zero-order chi connectivity index (χ0) is 19.6.